The molecule has 0 aliphatic heterocycles. The summed E-state index contributed by atoms with van der Waals surface area (Å²) in [7, 11) is 0. The molecule has 1 rings (SSSR count). The van der Waals surface area contributed by atoms with Crippen LogP contribution in [0, 0.1) is 0 Å². The first-order valence-corrected chi connectivity index (χ1v) is 6.92. The number of carbonyl (C=O) groups is 1. The molecule has 0 heterocycles. The zero-order valence-corrected chi connectivity index (χ0v) is 12.1. The SMILES string of the molecule is CC(N)CCCC(=O)N(Cc1ccccc1)CC(F)(F)F. The quantitative estimate of drug-likeness (QED) is 0.841. The Morgan fingerprint density at radius 2 is 1.90 bits per heavy atom. The van der Waals surface area contributed by atoms with Crippen molar-refractivity contribution in [2.75, 3.05) is 6.54 Å². The molecule has 1 aromatic carbocycles. The van der Waals surface area contributed by atoms with Crippen molar-refractivity contribution < 1.29 is 18.0 Å². The highest BCUT2D eigenvalue weighted by molar-refractivity contribution is 5.76. The third-order valence-corrected chi connectivity index (χ3v) is 2.99. The number of hydrogen-bond donors (Lipinski definition) is 1. The van der Waals surface area contributed by atoms with E-state index in [4.69, 9.17) is 5.73 Å². The lowest BCUT2D eigenvalue weighted by Crippen LogP contribution is -2.38. The van der Waals surface area contributed by atoms with Gasteiger partial charge in [-0.25, -0.2) is 0 Å². The summed E-state index contributed by atoms with van der Waals surface area (Å²) in [6.07, 6.45) is -3.19. The maximum Gasteiger partial charge on any atom is 0.406 e. The first-order chi connectivity index (χ1) is 9.78. The van der Waals surface area contributed by atoms with Gasteiger partial charge in [0, 0.05) is 19.0 Å². The fourth-order valence-electron chi connectivity index (χ4n) is 1.99. The number of benzene rings is 1. The summed E-state index contributed by atoms with van der Waals surface area (Å²) in [5, 5.41) is 0. The normalized spacial score (nSPS) is 13.0. The molecule has 3 nitrogen and oxygen atoms in total. The maximum atomic E-state index is 12.6. The summed E-state index contributed by atoms with van der Waals surface area (Å²) in [4.78, 5) is 12.8. The summed E-state index contributed by atoms with van der Waals surface area (Å²) in [6, 6.07) is 8.62. The van der Waals surface area contributed by atoms with Crippen LogP contribution in [0.15, 0.2) is 30.3 Å². The van der Waals surface area contributed by atoms with Gasteiger partial charge in [0.05, 0.1) is 0 Å². The molecule has 0 aliphatic carbocycles. The molecule has 0 saturated heterocycles. The first-order valence-electron chi connectivity index (χ1n) is 6.92. The van der Waals surface area contributed by atoms with Crippen molar-refractivity contribution in [1.29, 1.82) is 0 Å². The fourth-order valence-corrected chi connectivity index (χ4v) is 1.99. The van der Waals surface area contributed by atoms with Crippen LogP contribution >= 0.6 is 0 Å². The van der Waals surface area contributed by atoms with Gasteiger partial charge < -0.3 is 10.6 Å². The van der Waals surface area contributed by atoms with Gasteiger partial charge in [-0.2, -0.15) is 13.2 Å². The monoisotopic (exact) mass is 302 g/mol. The van der Waals surface area contributed by atoms with E-state index < -0.39 is 18.6 Å². The van der Waals surface area contributed by atoms with Gasteiger partial charge >= 0.3 is 6.18 Å². The van der Waals surface area contributed by atoms with E-state index in [9.17, 15) is 18.0 Å². The third-order valence-electron chi connectivity index (χ3n) is 2.99. The van der Waals surface area contributed by atoms with E-state index in [0.29, 0.717) is 18.4 Å². The number of alkyl halides is 3. The second-order valence-corrected chi connectivity index (χ2v) is 5.22. The molecular weight excluding hydrogens is 281 g/mol. The molecule has 1 unspecified atom stereocenters. The Balaban J connectivity index is 2.65. The molecule has 0 radical (unpaired) electrons. The molecule has 1 aromatic rings. The van der Waals surface area contributed by atoms with E-state index in [-0.39, 0.29) is 19.0 Å². The van der Waals surface area contributed by atoms with Crippen molar-refractivity contribution in [3.8, 4) is 0 Å². The molecule has 1 amide bonds. The molecule has 2 N–H and O–H groups in total. The average Bonchev–Trinajstić information content (AvgIpc) is 2.37. The Morgan fingerprint density at radius 3 is 2.43 bits per heavy atom. The Hall–Kier alpha value is -1.56. The Labute approximate surface area is 122 Å². The van der Waals surface area contributed by atoms with E-state index in [2.05, 4.69) is 0 Å². The fraction of sp³-hybridized carbons (Fsp3) is 0.533. The minimum absolute atomic E-state index is 0.0304. The van der Waals surface area contributed by atoms with Crippen molar-refractivity contribution in [1.82, 2.24) is 4.90 Å². The molecular formula is C15H21F3N2O. The number of rotatable bonds is 7. The van der Waals surface area contributed by atoms with Gasteiger partial charge in [-0.3, -0.25) is 4.79 Å². The molecule has 0 saturated carbocycles. The zero-order valence-electron chi connectivity index (χ0n) is 12.1. The third kappa shape index (κ3) is 7.70. The minimum atomic E-state index is -4.40. The second-order valence-electron chi connectivity index (χ2n) is 5.22. The minimum Gasteiger partial charge on any atom is -0.329 e. The molecule has 0 aromatic heterocycles. The lowest BCUT2D eigenvalue weighted by Gasteiger charge is -2.24. The maximum absolute atomic E-state index is 12.6. The van der Waals surface area contributed by atoms with Gasteiger partial charge in [0.15, 0.2) is 0 Å². The van der Waals surface area contributed by atoms with E-state index in [1.807, 2.05) is 6.92 Å². The molecule has 6 heteroatoms. The van der Waals surface area contributed by atoms with E-state index in [1.165, 1.54) is 0 Å². The van der Waals surface area contributed by atoms with Gasteiger partial charge in [0.2, 0.25) is 5.91 Å². The Kier molecular flexibility index (Phi) is 6.68. The van der Waals surface area contributed by atoms with Crippen LogP contribution in [0.2, 0.25) is 0 Å². The Bertz CT molecular complexity index is 432. The molecule has 0 fully saturated rings. The summed E-state index contributed by atoms with van der Waals surface area (Å²) in [5.74, 6) is -0.489. The Morgan fingerprint density at radius 1 is 1.29 bits per heavy atom. The average molecular weight is 302 g/mol. The largest absolute Gasteiger partial charge is 0.406 e. The van der Waals surface area contributed by atoms with E-state index >= 15 is 0 Å². The molecule has 118 valence electrons. The van der Waals surface area contributed by atoms with E-state index in [1.54, 1.807) is 30.3 Å². The van der Waals surface area contributed by atoms with Crippen LogP contribution in [0.4, 0.5) is 13.2 Å². The van der Waals surface area contributed by atoms with Gasteiger partial charge in [0.25, 0.3) is 0 Å². The summed E-state index contributed by atoms with van der Waals surface area (Å²) < 4.78 is 37.8. The van der Waals surface area contributed by atoms with Gasteiger partial charge in [-0.05, 0) is 25.3 Å². The number of hydrogen-bond acceptors (Lipinski definition) is 2. The van der Waals surface area contributed by atoms with Crippen molar-refractivity contribution in [2.24, 2.45) is 5.73 Å². The van der Waals surface area contributed by atoms with Gasteiger partial charge in [0.1, 0.15) is 6.54 Å². The van der Waals surface area contributed by atoms with Crippen LogP contribution in [-0.2, 0) is 11.3 Å². The molecule has 1 atom stereocenters. The summed E-state index contributed by atoms with van der Waals surface area (Å²) >= 11 is 0. The van der Waals surface area contributed by atoms with Gasteiger partial charge in [-0.15, -0.1) is 0 Å². The van der Waals surface area contributed by atoms with Crippen LogP contribution in [0.3, 0.4) is 0 Å². The smallest absolute Gasteiger partial charge is 0.329 e. The predicted molar refractivity (Wildman–Crippen MR) is 75.4 cm³/mol. The first kappa shape index (κ1) is 17.5. The van der Waals surface area contributed by atoms with E-state index in [0.717, 1.165) is 4.90 Å². The standard InChI is InChI=1S/C15H21F3N2O/c1-12(19)6-5-9-14(21)20(11-15(16,17)18)10-13-7-3-2-4-8-13/h2-4,7-8,12H,5-6,9-11,19H2,1H3. The summed E-state index contributed by atoms with van der Waals surface area (Å²) in [6.45, 7) is 0.554. The van der Waals surface area contributed by atoms with Crippen LogP contribution < -0.4 is 5.73 Å². The lowest BCUT2D eigenvalue weighted by atomic mass is 10.1. The van der Waals surface area contributed by atoms with Crippen molar-refractivity contribution in [3.05, 3.63) is 35.9 Å². The molecule has 0 spiro atoms. The second kappa shape index (κ2) is 8.02. The molecule has 0 bridgehead atoms. The highest BCUT2D eigenvalue weighted by atomic mass is 19.4. The van der Waals surface area contributed by atoms with Crippen molar-refractivity contribution in [2.45, 2.75) is 44.9 Å². The highest BCUT2D eigenvalue weighted by Gasteiger charge is 2.32. The molecule has 21 heavy (non-hydrogen) atoms. The van der Waals surface area contributed by atoms with Crippen LogP contribution in [0.5, 0.6) is 0 Å². The topological polar surface area (TPSA) is 46.3 Å². The summed E-state index contributed by atoms with van der Waals surface area (Å²) in [5.41, 5.74) is 6.26. The van der Waals surface area contributed by atoms with Gasteiger partial charge in [-0.1, -0.05) is 30.3 Å². The highest BCUT2D eigenvalue weighted by Crippen LogP contribution is 2.19. The van der Waals surface area contributed by atoms with Crippen LogP contribution in [-0.4, -0.2) is 29.6 Å². The number of halogens is 3. The van der Waals surface area contributed by atoms with Crippen LogP contribution in [0.1, 0.15) is 31.7 Å². The van der Waals surface area contributed by atoms with Crippen LogP contribution in [0.25, 0.3) is 0 Å². The zero-order chi connectivity index (χ0) is 15.9. The number of amides is 1. The number of carbonyl (C=O) groups excluding carboxylic acids is 1. The van der Waals surface area contributed by atoms with Crippen molar-refractivity contribution >= 4 is 5.91 Å². The van der Waals surface area contributed by atoms with Crippen molar-refractivity contribution in [3.63, 3.8) is 0 Å². The molecule has 0 aliphatic rings. The lowest BCUT2D eigenvalue weighted by molar-refractivity contribution is -0.162. The predicted octanol–water partition coefficient (Wildman–Crippen LogP) is 3.10. The number of nitrogens with zero attached hydrogens (tertiary/aromatic N) is 1. The number of nitrogens with two attached hydrogens (primary N) is 1.